The van der Waals surface area contributed by atoms with Gasteiger partial charge in [-0.05, 0) is 24.3 Å². The van der Waals surface area contributed by atoms with Crippen molar-refractivity contribution in [2.75, 3.05) is 0 Å². The number of para-hydroxylation sites is 3. The van der Waals surface area contributed by atoms with Crippen molar-refractivity contribution in [2.45, 2.75) is 17.5 Å². The van der Waals surface area contributed by atoms with Crippen molar-refractivity contribution in [2.24, 2.45) is 0 Å². The third-order valence-corrected chi connectivity index (χ3v) is 4.53. The van der Waals surface area contributed by atoms with Crippen molar-refractivity contribution in [3.05, 3.63) is 66.7 Å². The van der Waals surface area contributed by atoms with Gasteiger partial charge in [-0.1, -0.05) is 42.1 Å². The van der Waals surface area contributed by atoms with Gasteiger partial charge in [0.25, 0.3) is 0 Å². The maximum Gasteiger partial charge on any atom is 0.320 e. The van der Waals surface area contributed by atoms with Gasteiger partial charge in [0, 0.05) is 0 Å². The molecule has 2 aromatic carbocycles. The summed E-state index contributed by atoms with van der Waals surface area (Å²) in [6.45, 7) is -2.64. The van der Waals surface area contributed by atoms with Crippen LogP contribution in [0.15, 0.2) is 66.1 Å². The Morgan fingerprint density at radius 1 is 1.00 bits per heavy atom. The third kappa shape index (κ3) is 3.12. The number of aromatic nitrogens is 5. The summed E-state index contributed by atoms with van der Waals surface area (Å²) in [4.78, 5) is 8.54. The van der Waals surface area contributed by atoms with E-state index < -0.39 is 6.55 Å². The fourth-order valence-corrected chi connectivity index (χ4v) is 3.29. The molecule has 0 aliphatic rings. The van der Waals surface area contributed by atoms with Crippen molar-refractivity contribution in [3.63, 3.8) is 0 Å². The summed E-state index contributed by atoms with van der Waals surface area (Å²) in [5.74, 6) is 0.565. The SMILES string of the molecule is FC(F)n1c(CSc2ncn(-c3ccccc3)n2)nc2ccccc21. The number of nitrogens with zero attached hydrogens (tertiary/aromatic N) is 5. The highest BCUT2D eigenvalue weighted by molar-refractivity contribution is 7.98. The van der Waals surface area contributed by atoms with Crippen molar-refractivity contribution < 1.29 is 8.78 Å². The van der Waals surface area contributed by atoms with E-state index in [1.165, 1.54) is 11.8 Å². The largest absolute Gasteiger partial charge is 0.320 e. The molecular formula is C17H13F2N5S. The Labute approximate surface area is 146 Å². The van der Waals surface area contributed by atoms with E-state index in [9.17, 15) is 8.78 Å². The summed E-state index contributed by atoms with van der Waals surface area (Å²) in [6, 6.07) is 16.5. The molecule has 0 spiro atoms. The molecule has 4 aromatic rings. The summed E-state index contributed by atoms with van der Waals surface area (Å²) in [6.07, 6.45) is 1.60. The van der Waals surface area contributed by atoms with Gasteiger partial charge in [-0.2, -0.15) is 8.78 Å². The number of rotatable bonds is 5. The van der Waals surface area contributed by atoms with Gasteiger partial charge in [0.1, 0.15) is 12.2 Å². The lowest BCUT2D eigenvalue weighted by molar-refractivity contribution is 0.0722. The average molecular weight is 357 g/mol. The fraction of sp³-hybridized carbons (Fsp3) is 0.118. The molecule has 0 N–H and O–H groups in total. The summed E-state index contributed by atoms with van der Waals surface area (Å²) < 4.78 is 29.4. The van der Waals surface area contributed by atoms with Crippen LogP contribution >= 0.6 is 11.8 Å². The monoisotopic (exact) mass is 357 g/mol. The third-order valence-electron chi connectivity index (χ3n) is 3.69. The van der Waals surface area contributed by atoms with Gasteiger partial charge in [-0.15, -0.1) is 5.10 Å². The van der Waals surface area contributed by atoms with Crippen molar-refractivity contribution in [1.82, 2.24) is 24.3 Å². The number of benzene rings is 2. The summed E-state index contributed by atoms with van der Waals surface area (Å²) in [5.41, 5.74) is 1.87. The molecule has 0 fully saturated rings. The van der Waals surface area contributed by atoms with Crippen LogP contribution in [0, 0.1) is 0 Å². The van der Waals surface area contributed by atoms with Crippen LogP contribution in [0.25, 0.3) is 16.7 Å². The van der Waals surface area contributed by atoms with E-state index in [4.69, 9.17) is 0 Å². The van der Waals surface area contributed by atoms with Gasteiger partial charge in [-0.25, -0.2) is 14.6 Å². The topological polar surface area (TPSA) is 48.5 Å². The zero-order chi connectivity index (χ0) is 17.2. The van der Waals surface area contributed by atoms with Gasteiger partial charge < -0.3 is 0 Å². The molecule has 0 aliphatic carbocycles. The molecule has 0 radical (unpaired) electrons. The number of fused-ring (bicyclic) bond motifs is 1. The fourth-order valence-electron chi connectivity index (χ4n) is 2.56. The predicted molar refractivity (Wildman–Crippen MR) is 91.9 cm³/mol. The Balaban J connectivity index is 1.57. The minimum absolute atomic E-state index is 0.262. The second-order valence-electron chi connectivity index (χ2n) is 5.26. The first kappa shape index (κ1) is 15.8. The second kappa shape index (κ2) is 6.64. The molecule has 2 aromatic heterocycles. The molecule has 2 heterocycles. The Morgan fingerprint density at radius 2 is 1.76 bits per heavy atom. The standard InChI is InChI=1S/C17H13F2N5S/c18-16(19)24-14-9-5-4-8-13(14)21-15(24)10-25-17-20-11-23(22-17)12-6-2-1-3-7-12/h1-9,11,16H,10H2. The van der Waals surface area contributed by atoms with E-state index in [1.807, 2.05) is 30.3 Å². The van der Waals surface area contributed by atoms with E-state index in [1.54, 1.807) is 35.3 Å². The summed E-state index contributed by atoms with van der Waals surface area (Å²) in [7, 11) is 0. The quantitative estimate of drug-likeness (QED) is 0.500. The molecule has 5 nitrogen and oxygen atoms in total. The molecular weight excluding hydrogens is 344 g/mol. The Kier molecular flexibility index (Phi) is 4.19. The van der Waals surface area contributed by atoms with E-state index >= 15 is 0 Å². The average Bonchev–Trinajstić information content (AvgIpc) is 3.25. The second-order valence-corrected chi connectivity index (χ2v) is 6.20. The Bertz CT molecular complexity index is 997. The van der Waals surface area contributed by atoms with E-state index in [0.717, 1.165) is 10.3 Å². The molecule has 0 aliphatic heterocycles. The van der Waals surface area contributed by atoms with Crippen LogP contribution in [-0.4, -0.2) is 24.3 Å². The number of alkyl halides is 2. The van der Waals surface area contributed by atoms with Crippen LogP contribution in [0.4, 0.5) is 8.78 Å². The first-order valence-corrected chi connectivity index (χ1v) is 8.55. The van der Waals surface area contributed by atoms with Crippen LogP contribution in [0.1, 0.15) is 12.4 Å². The summed E-state index contributed by atoms with van der Waals surface area (Å²) >= 11 is 1.28. The highest BCUT2D eigenvalue weighted by Gasteiger charge is 2.18. The van der Waals surface area contributed by atoms with E-state index in [0.29, 0.717) is 22.0 Å². The zero-order valence-electron chi connectivity index (χ0n) is 13.0. The highest BCUT2D eigenvalue weighted by Crippen LogP contribution is 2.27. The first-order chi connectivity index (χ1) is 12.2. The molecule has 0 amide bonds. The van der Waals surface area contributed by atoms with E-state index in [2.05, 4.69) is 15.1 Å². The van der Waals surface area contributed by atoms with Gasteiger partial charge in [0.05, 0.1) is 22.5 Å². The van der Waals surface area contributed by atoms with Crippen LogP contribution in [0.2, 0.25) is 0 Å². The lowest BCUT2D eigenvalue weighted by Crippen LogP contribution is -2.03. The van der Waals surface area contributed by atoms with Crippen LogP contribution < -0.4 is 0 Å². The lowest BCUT2D eigenvalue weighted by atomic mass is 10.3. The van der Waals surface area contributed by atoms with Gasteiger partial charge in [0.2, 0.25) is 5.16 Å². The normalized spacial score (nSPS) is 11.5. The molecule has 0 saturated carbocycles. The Morgan fingerprint density at radius 3 is 2.56 bits per heavy atom. The Hall–Kier alpha value is -2.74. The summed E-state index contributed by atoms with van der Waals surface area (Å²) in [5, 5.41) is 4.88. The number of halogens is 2. The van der Waals surface area contributed by atoms with Gasteiger partial charge in [0.15, 0.2) is 0 Å². The maximum absolute atomic E-state index is 13.4. The molecule has 25 heavy (non-hydrogen) atoms. The molecule has 0 bridgehead atoms. The molecule has 4 rings (SSSR count). The molecule has 8 heteroatoms. The number of hydrogen-bond acceptors (Lipinski definition) is 4. The van der Waals surface area contributed by atoms with Crippen molar-refractivity contribution >= 4 is 22.8 Å². The van der Waals surface area contributed by atoms with E-state index in [-0.39, 0.29) is 5.75 Å². The van der Waals surface area contributed by atoms with Gasteiger partial charge >= 0.3 is 6.55 Å². The van der Waals surface area contributed by atoms with Crippen LogP contribution in [0.5, 0.6) is 0 Å². The number of hydrogen-bond donors (Lipinski definition) is 0. The lowest BCUT2D eigenvalue weighted by Gasteiger charge is -2.06. The van der Waals surface area contributed by atoms with Crippen LogP contribution in [-0.2, 0) is 5.75 Å². The number of thioether (sulfide) groups is 1. The minimum atomic E-state index is -2.64. The number of imidazole rings is 1. The van der Waals surface area contributed by atoms with Crippen molar-refractivity contribution in [3.8, 4) is 5.69 Å². The zero-order valence-corrected chi connectivity index (χ0v) is 13.8. The highest BCUT2D eigenvalue weighted by atomic mass is 32.2. The predicted octanol–water partition coefficient (Wildman–Crippen LogP) is 4.30. The molecule has 126 valence electrons. The molecule has 0 saturated heterocycles. The van der Waals surface area contributed by atoms with Crippen molar-refractivity contribution in [1.29, 1.82) is 0 Å². The van der Waals surface area contributed by atoms with Gasteiger partial charge in [-0.3, -0.25) is 4.57 Å². The molecule has 0 atom stereocenters. The first-order valence-electron chi connectivity index (χ1n) is 7.56. The smallest absolute Gasteiger partial charge is 0.269 e. The minimum Gasteiger partial charge on any atom is -0.269 e. The molecule has 0 unspecified atom stereocenters. The van der Waals surface area contributed by atoms with Crippen LogP contribution in [0.3, 0.4) is 0 Å². The maximum atomic E-state index is 13.4.